The number of carbonyl (C=O) groups excluding carboxylic acids is 4. The summed E-state index contributed by atoms with van der Waals surface area (Å²) in [5.74, 6) is -0.586. The fraction of sp³-hybridized carbons (Fsp3) is 0.826. The number of rotatable bonds is 20. The third-order valence-corrected chi connectivity index (χ3v) is 5.21. The molecule has 0 aromatic carbocycles. The van der Waals surface area contributed by atoms with Crippen LogP contribution in [-0.2, 0) is 38.1 Å². The number of ketones is 1. The second-order valence-corrected chi connectivity index (χ2v) is 8.11. The van der Waals surface area contributed by atoms with Crippen molar-refractivity contribution in [2.24, 2.45) is 11.8 Å². The number of nitrogens with zero attached hydrogens (tertiary/aromatic N) is 1. The van der Waals surface area contributed by atoms with E-state index in [1.54, 1.807) is 0 Å². The molecule has 1 heterocycles. The Balaban J connectivity index is 1.85. The van der Waals surface area contributed by atoms with Crippen LogP contribution in [0.25, 0.3) is 0 Å². The monoisotopic (exact) mass is 472 g/mol. The van der Waals surface area contributed by atoms with Crippen molar-refractivity contribution in [1.29, 1.82) is 0 Å². The minimum absolute atomic E-state index is 0.0457. The van der Waals surface area contributed by atoms with Gasteiger partial charge in [-0.3, -0.25) is 24.1 Å². The highest BCUT2D eigenvalue weighted by Gasteiger charge is 2.37. The Morgan fingerprint density at radius 1 is 0.909 bits per heavy atom. The summed E-state index contributed by atoms with van der Waals surface area (Å²) in [4.78, 5) is 48.3. The predicted molar refractivity (Wildman–Crippen MR) is 120 cm³/mol. The summed E-state index contributed by atoms with van der Waals surface area (Å²) < 4.78 is 21.5. The van der Waals surface area contributed by atoms with E-state index in [0.29, 0.717) is 72.2 Å². The molecule has 10 nitrogen and oxygen atoms in total. The van der Waals surface area contributed by atoms with E-state index in [0.717, 1.165) is 0 Å². The number of carbonyl (C=O) groups is 4. The fourth-order valence-electron chi connectivity index (χ4n) is 3.09. The van der Waals surface area contributed by atoms with Crippen molar-refractivity contribution in [2.45, 2.75) is 46.5 Å². The highest BCUT2D eigenvalue weighted by Crippen LogP contribution is 2.22. The van der Waals surface area contributed by atoms with Gasteiger partial charge < -0.3 is 24.3 Å². The first-order valence-corrected chi connectivity index (χ1v) is 11.8. The Hall–Kier alpha value is -1.88. The number of likely N-dealkylation sites (tertiary alicyclic amines) is 1. The number of nitrogens with one attached hydrogen (secondary N) is 1. The summed E-state index contributed by atoms with van der Waals surface area (Å²) in [7, 11) is 0. The maximum Gasteiger partial charge on any atom is 0.232 e. The zero-order chi connectivity index (χ0) is 24.5. The van der Waals surface area contributed by atoms with Gasteiger partial charge in [-0.25, -0.2) is 0 Å². The van der Waals surface area contributed by atoms with E-state index in [9.17, 15) is 19.2 Å². The Morgan fingerprint density at radius 3 is 1.97 bits per heavy atom. The lowest BCUT2D eigenvalue weighted by Crippen LogP contribution is -2.36. The lowest BCUT2D eigenvalue weighted by Gasteiger charge is -2.14. The lowest BCUT2D eigenvalue weighted by atomic mass is 10.1. The van der Waals surface area contributed by atoms with E-state index in [4.69, 9.17) is 18.9 Å². The molecule has 0 radical (unpaired) electrons. The van der Waals surface area contributed by atoms with Gasteiger partial charge in [0.05, 0.1) is 52.9 Å². The third-order valence-electron chi connectivity index (χ3n) is 5.21. The smallest absolute Gasteiger partial charge is 0.232 e. The van der Waals surface area contributed by atoms with Crippen LogP contribution in [-0.4, -0.2) is 94.3 Å². The molecule has 1 fully saturated rings. The van der Waals surface area contributed by atoms with Crippen molar-refractivity contribution in [3.05, 3.63) is 0 Å². The molecule has 0 spiro atoms. The SMILES string of the molecule is CCC1CC(=O)N(CCC(=O)NCCOCCOCCOCCOCCC(=O)C(C)C)C1=O. The molecule has 0 aliphatic carbocycles. The Morgan fingerprint density at radius 2 is 1.45 bits per heavy atom. The van der Waals surface area contributed by atoms with Crippen molar-refractivity contribution < 1.29 is 38.1 Å². The van der Waals surface area contributed by atoms with Gasteiger partial charge in [0.2, 0.25) is 17.7 Å². The quantitative estimate of drug-likeness (QED) is 0.205. The van der Waals surface area contributed by atoms with Gasteiger partial charge in [-0.15, -0.1) is 0 Å². The Labute approximate surface area is 196 Å². The second kappa shape index (κ2) is 17.6. The normalized spacial score (nSPS) is 16.1. The van der Waals surface area contributed by atoms with Crippen molar-refractivity contribution in [3.8, 4) is 0 Å². The van der Waals surface area contributed by atoms with Gasteiger partial charge in [-0.2, -0.15) is 0 Å². The maximum atomic E-state index is 12.0. The van der Waals surface area contributed by atoms with Crippen LogP contribution in [0.4, 0.5) is 0 Å². The average molecular weight is 473 g/mol. The van der Waals surface area contributed by atoms with Gasteiger partial charge in [0.25, 0.3) is 0 Å². The third kappa shape index (κ3) is 12.8. The van der Waals surface area contributed by atoms with E-state index in [1.807, 2.05) is 20.8 Å². The highest BCUT2D eigenvalue weighted by molar-refractivity contribution is 6.03. The molecule has 0 aromatic rings. The average Bonchev–Trinajstić information content (AvgIpc) is 3.07. The number of hydrogen-bond donors (Lipinski definition) is 1. The fourth-order valence-corrected chi connectivity index (χ4v) is 3.09. The van der Waals surface area contributed by atoms with E-state index < -0.39 is 0 Å². The molecular formula is C23H40N2O8. The molecule has 33 heavy (non-hydrogen) atoms. The molecule has 1 rings (SSSR count). The van der Waals surface area contributed by atoms with Gasteiger partial charge in [0, 0.05) is 44.2 Å². The van der Waals surface area contributed by atoms with E-state index in [-0.39, 0.29) is 54.7 Å². The molecular weight excluding hydrogens is 432 g/mol. The number of amides is 3. The summed E-state index contributed by atoms with van der Waals surface area (Å²) in [6.45, 7) is 9.50. The number of Topliss-reactive ketones (excluding diaryl/α,β-unsaturated/α-hetero) is 1. The van der Waals surface area contributed by atoms with Crippen LogP contribution >= 0.6 is 0 Å². The molecule has 1 atom stereocenters. The van der Waals surface area contributed by atoms with Crippen molar-refractivity contribution in [3.63, 3.8) is 0 Å². The largest absolute Gasteiger partial charge is 0.379 e. The molecule has 0 saturated carbocycles. The molecule has 1 N–H and O–H groups in total. The van der Waals surface area contributed by atoms with Crippen molar-refractivity contribution in [2.75, 3.05) is 65.9 Å². The van der Waals surface area contributed by atoms with Crippen molar-refractivity contribution >= 4 is 23.5 Å². The Kier molecular flexibility index (Phi) is 15.5. The van der Waals surface area contributed by atoms with Crippen LogP contribution in [0.2, 0.25) is 0 Å². The van der Waals surface area contributed by atoms with Crippen LogP contribution in [0.1, 0.15) is 46.5 Å². The van der Waals surface area contributed by atoms with Gasteiger partial charge >= 0.3 is 0 Å². The minimum atomic E-state index is -0.241. The van der Waals surface area contributed by atoms with Gasteiger partial charge in [-0.05, 0) is 6.42 Å². The van der Waals surface area contributed by atoms with Crippen molar-refractivity contribution in [1.82, 2.24) is 10.2 Å². The first-order valence-electron chi connectivity index (χ1n) is 11.8. The van der Waals surface area contributed by atoms with Crippen LogP contribution in [0, 0.1) is 11.8 Å². The molecule has 0 aromatic heterocycles. The molecule has 190 valence electrons. The number of ether oxygens (including phenoxy) is 4. The molecule has 1 unspecified atom stereocenters. The molecule has 0 bridgehead atoms. The van der Waals surface area contributed by atoms with Crippen LogP contribution in [0.15, 0.2) is 0 Å². The van der Waals surface area contributed by atoms with Crippen LogP contribution < -0.4 is 5.32 Å². The van der Waals surface area contributed by atoms with Crippen LogP contribution in [0.5, 0.6) is 0 Å². The van der Waals surface area contributed by atoms with Gasteiger partial charge in [0.1, 0.15) is 5.78 Å². The van der Waals surface area contributed by atoms with Gasteiger partial charge in [-0.1, -0.05) is 20.8 Å². The summed E-state index contributed by atoms with van der Waals surface area (Å²) in [5, 5.41) is 2.71. The molecule has 1 aliphatic heterocycles. The summed E-state index contributed by atoms with van der Waals surface area (Å²) in [6, 6.07) is 0. The predicted octanol–water partition coefficient (Wildman–Crippen LogP) is 0.959. The zero-order valence-corrected chi connectivity index (χ0v) is 20.3. The zero-order valence-electron chi connectivity index (χ0n) is 20.3. The lowest BCUT2D eigenvalue weighted by molar-refractivity contribution is -0.139. The summed E-state index contributed by atoms with van der Waals surface area (Å²) in [5.41, 5.74) is 0. The van der Waals surface area contributed by atoms with Crippen LogP contribution in [0.3, 0.4) is 0 Å². The first kappa shape index (κ1) is 29.2. The summed E-state index contributed by atoms with van der Waals surface area (Å²) >= 11 is 0. The molecule has 10 heteroatoms. The first-order chi connectivity index (χ1) is 15.9. The van der Waals surface area contributed by atoms with E-state index in [1.165, 1.54) is 4.90 Å². The minimum Gasteiger partial charge on any atom is -0.379 e. The van der Waals surface area contributed by atoms with Gasteiger partial charge in [0.15, 0.2) is 0 Å². The maximum absolute atomic E-state index is 12.0. The van der Waals surface area contributed by atoms with E-state index >= 15 is 0 Å². The number of hydrogen-bond acceptors (Lipinski definition) is 8. The summed E-state index contributed by atoms with van der Waals surface area (Å²) in [6.07, 6.45) is 1.41. The Bertz CT molecular complexity index is 611. The molecule has 1 aliphatic rings. The topological polar surface area (TPSA) is 120 Å². The standard InChI is InChI=1S/C23H40N2O8/c1-4-19-17-22(28)25(23(19)29)8-5-21(27)24-7-10-31-12-14-33-16-15-32-13-11-30-9-6-20(26)18(2)3/h18-19H,4-17H2,1-3H3,(H,24,27). The second-order valence-electron chi connectivity index (χ2n) is 8.11. The van der Waals surface area contributed by atoms with E-state index in [2.05, 4.69) is 5.32 Å². The highest BCUT2D eigenvalue weighted by atomic mass is 16.6. The molecule has 3 amide bonds. The number of imide groups is 1. The molecule has 1 saturated heterocycles.